The molecule has 2 aliphatic rings. The predicted molar refractivity (Wildman–Crippen MR) is 160 cm³/mol. The van der Waals surface area contributed by atoms with Crippen LogP contribution in [0.3, 0.4) is 0 Å². The van der Waals surface area contributed by atoms with Gasteiger partial charge in [-0.25, -0.2) is 0 Å². The van der Waals surface area contributed by atoms with Crippen molar-refractivity contribution in [2.24, 2.45) is 0 Å². The fourth-order valence-corrected chi connectivity index (χ4v) is 5.62. The van der Waals surface area contributed by atoms with Crippen molar-refractivity contribution < 1.29 is 45.7 Å². The van der Waals surface area contributed by atoms with E-state index in [1.54, 1.807) is 12.1 Å². The number of hydrogen-bond donors (Lipinski definition) is 1. The van der Waals surface area contributed by atoms with Crippen molar-refractivity contribution in [2.75, 3.05) is 50.2 Å². The van der Waals surface area contributed by atoms with Crippen molar-refractivity contribution >= 4 is 11.4 Å². The highest BCUT2D eigenvalue weighted by Crippen LogP contribution is 2.43. The minimum absolute atomic E-state index is 0.0702. The number of ether oxygens (including phenoxy) is 3. The van der Waals surface area contributed by atoms with E-state index in [0.717, 1.165) is 36.9 Å². The van der Waals surface area contributed by atoms with Gasteiger partial charge >= 0.3 is 12.4 Å². The molecule has 0 spiro atoms. The Balaban J connectivity index is 0.000000215. The summed E-state index contributed by atoms with van der Waals surface area (Å²) in [5, 5.41) is 9.20. The minimum Gasteiger partial charge on any atom is -0.508 e. The van der Waals surface area contributed by atoms with Crippen LogP contribution < -0.4 is 14.5 Å². The van der Waals surface area contributed by atoms with Gasteiger partial charge in [-0.15, -0.1) is 0 Å². The molecule has 0 atom stereocenters. The van der Waals surface area contributed by atoms with Crippen molar-refractivity contribution in [3.63, 3.8) is 0 Å². The quantitative estimate of drug-likeness (QED) is 0.267. The molecule has 0 saturated carbocycles. The summed E-state index contributed by atoms with van der Waals surface area (Å²) < 4.78 is 94.1. The molecule has 12 heteroatoms. The predicted octanol–water partition coefficient (Wildman–Crippen LogP) is 7.75. The highest BCUT2D eigenvalue weighted by Gasteiger charge is 2.57. The van der Waals surface area contributed by atoms with E-state index in [9.17, 15) is 31.4 Å². The summed E-state index contributed by atoms with van der Waals surface area (Å²) in [5.41, 5.74) is -1.27. The zero-order chi connectivity index (χ0) is 32.7. The summed E-state index contributed by atoms with van der Waals surface area (Å²) in [7, 11) is 2.26. The van der Waals surface area contributed by atoms with Gasteiger partial charge < -0.3 is 29.1 Å². The second-order valence-corrected chi connectivity index (χ2v) is 11.2. The largest absolute Gasteiger partial charge is 0.508 e. The van der Waals surface area contributed by atoms with Gasteiger partial charge in [0, 0.05) is 77.5 Å². The lowest BCUT2D eigenvalue weighted by atomic mass is 9.90. The van der Waals surface area contributed by atoms with Gasteiger partial charge in [-0.2, -0.15) is 26.3 Å². The summed E-state index contributed by atoms with van der Waals surface area (Å²) in [6, 6.07) is 23.8. The topological polar surface area (TPSA) is 54.4 Å². The summed E-state index contributed by atoms with van der Waals surface area (Å²) in [5.74, 6) is 0.874. The zero-order valence-electron chi connectivity index (χ0n) is 25.2. The fraction of sp³-hybridized carbons (Fsp3) is 0.455. The summed E-state index contributed by atoms with van der Waals surface area (Å²) in [6.45, 7) is 1.64. The second-order valence-electron chi connectivity index (χ2n) is 11.2. The van der Waals surface area contributed by atoms with E-state index < -0.39 is 23.6 Å². The van der Waals surface area contributed by atoms with Gasteiger partial charge in [-0.05, 0) is 54.1 Å². The number of phenolic OH excluding ortho intramolecular Hbond substituents is 1. The molecule has 2 saturated heterocycles. The lowest BCUT2D eigenvalue weighted by Gasteiger charge is -2.42. The Kier molecular flexibility index (Phi) is 10.8. The Morgan fingerprint density at radius 2 is 1.02 bits per heavy atom. The molecular formula is C33H38F6N2O4. The molecule has 0 unspecified atom stereocenters. The van der Waals surface area contributed by atoms with Gasteiger partial charge in [0.05, 0.1) is 0 Å². The number of benzene rings is 3. The van der Waals surface area contributed by atoms with Crippen molar-refractivity contribution in [2.45, 2.75) is 55.8 Å². The molecule has 0 amide bonds. The van der Waals surface area contributed by atoms with E-state index in [1.165, 1.54) is 12.1 Å². The molecule has 45 heavy (non-hydrogen) atoms. The van der Waals surface area contributed by atoms with Crippen molar-refractivity contribution in [3.8, 4) is 11.5 Å². The maximum atomic E-state index is 13.2. The Bertz CT molecular complexity index is 1320. The third-order valence-electron chi connectivity index (χ3n) is 8.62. The minimum atomic E-state index is -4.34. The monoisotopic (exact) mass is 640 g/mol. The Labute approximate surface area is 259 Å². The van der Waals surface area contributed by atoms with Crippen LogP contribution in [-0.4, -0.2) is 69.1 Å². The third kappa shape index (κ3) is 8.15. The average Bonchev–Trinajstić information content (AvgIpc) is 3.04. The maximum absolute atomic E-state index is 13.2. The molecule has 246 valence electrons. The first-order valence-corrected chi connectivity index (χ1v) is 14.6. The Morgan fingerprint density at radius 1 is 0.622 bits per heavy atom. The van der Waals surface area contributed by atoms with Crippen LogP contribution in [0.2, 0.25) is 0 Å². The maximum Gasteiger partial charge on any atom is 0.417 e. The van der Waals surface area contributed by atoms with Crippen molar-refractivity contribution in [1.29, 1.82) is 0 Å². The highest BCUT2D eigenvalue weighted by atomic mass is 19.4. The molecular weight excluding hydrogens is 602 g/mol. The summed E-state index contributed by atoms with van der Waals surface area (Å²) in [4.78, 5) is 3.81. The van der Waals surface area contributed by atoms with E-state index in [0.29, 0.717) is 19.7 Å². The van der Waals surface area contributed by atoms with Crippen LogP contribution in [0.1, 0.15) is 31.2 Å². The molecule has 5 rings (SSSR count). The SMILES string of the molecule is COC1(C(F)(F)F)CCN(c2ccc(O)cc2)CC1.COC1(C(F)(F)F)CCN(c2ccc(OCc3ccccc3)cc2)CC1. The molecule has 1 N–H and O–H groups in total. The number of anilines is 2. The van der Waals surface area contributed by atoms with Gasteiger partial charge in [-0.3, -0.25) is 0 Å². The van der Waals surface area contributed by atoms with E-state index in [4.69, 9.17) is 14.2 Å². The van der Waals surface area contributed by atoms with Gasteiger partial charge in [-0.1, -0.05) is 30.3 Å². The lowest BCUT2D eigenvalue weighted by molar-refractivity contribution is -0.276. The fourth-order valence-electron chi connectivity index (χ4n) is 5.62. The lowest BCUT2D eigenvalue weighted by Crippen LogP contribution is -2.54. The van der Waals surface area contributed by atoms with E-state index in [-0.39, 0.29) is 44.5 Å². The van der Waals surface area contributed by atoms with Crippen LogP contribution in [0.15, 0.2) is 78.9 Å². The van der Waals surface area contributed by atoms with E-state index >= 15 is 0 Å². The van der Waals surface area contributed by atoms with Crippen LogP contribution in [0, 0.1) is 0 Å². The molecule has 2 heterocycles. The number of piperidine rings is 2. The number of hydrogen-bond acceptors (Lipinski definition) is 6. The van der Waals surface area contributed by atoms with Gasteiger partial charge in [0.15, 0.2) is 11.2 Å². The number of rotatable bonds is 7. The third-order valence-corrected chi connectivity index (χ3v) is 8.62. The molecule has 0 aliphatic carbocycles. The van der Waals surface area contributed by atoms with Crippen molar-refractivity contribution in [3.05, 3.63) is 84.4 Å². The Morgan fingerprint density at radius 3 is 1.40 bits per heavy atom. The molecule has 6 nitrogen and oxygen atoms in total. The normalized spacial score (nSPS) is 18.1. The van der Waals surface area contributed by atoms with Crippen LogP contribution in [0.4, 0.5) is 37.7 Å². The molecule has 3 aromatic rings. The number of halogens is 6. The number of aromatic hydroxyl groups is 1. The molecule has 3 aromatic carbocycles. The number of methoxy groups -OCH3 is 2. The van der Waals surface area contributed by atoms with Gasteiger partial charge in [0.25, 0.3) is 0 Å². The van der Waals surface area contributed by atoms with Crippen LogP contribution in [0.5, 0.6) is 11.5 Å². The van der Waals surface area contributed by atoms with Crippen LogP contribution in [-0.2, 0) is 16.1 Å². The molecule has 2 aliphatic heterocycles. The van der Waals surface area contributed by atoms with Crippen LogP contribution >= 0.6 is 0 Å². The summed E-state index contributed by atoms with van der Waals surface area (Å²) in [6.07, 6.45) is -9.01. The molecule has 0 bridgehead atoms. The number of nitrogens with zero attached hydrogens (tertiary/aromatic N) is 2. The van der Waals surface area contributed by atoms with Crippen LogP contribution in [0.25, 0.3) is 0 Å². The first-order chi connectivity index (χ1) is 21.3. The first-order valence-electron chi connectivity index (χ1n) is 14.6. The average molecular weight is 641 g/mol. The molecule has 0 radical (unpaired) electrons. The molecule has 2 fully saturated rings. The Hall–Kier alpha value is -3.64. The summed E-state index contributed by atoms with van der Waals surface area (Å²) >= 11 is 0. The highest BCUT2D eigenvalue weighted by molar-refractivity contribution is 5.50. The second kappa shape index (κ2) is 14.2. The zero-order valence-corrected chi connectivity index (χ0v) is 25.2. The molecule has 0 aromatic heterocycles. The number of phenols is 1. The standard InChI is InChI=1S/C20H22F3NO2.C13H16F3NO2/c1-25-19(20(21,22)23)11-13-24(14-12-19)17-7-9-18(10-8-17)26-15-16-5-3-2-4-6-16;1-19-12(13(14,15)16)6-8-17(9-7-12)10-2-4-11(18)5-3-10/h2-10H,11-15H2,1H3;2-5,18H,6-9H2,1H3. The smallest absolute Gasteiger partial charge is 0.417 e. The number of alkyl halides is 6. The van der Waals surface area contributed by atoms with E-state index in [1.807, 2.05) is 64.4 Å². The van der Waals surface area contributed by atoms with E-state index in [2.05, 4.69) is 0 Å². The van der Waals surface area contributed by atoms with Crippen molar-refractivity contribution in [1.82, 2.24) is 0 Å². The van der Waals surface area contributed by atoms with Gasteiger partial charge in [0.2, 0.25) is 0 Å². The first kappa shape index (κ1) is 34.2. The van der Waals surface area contributed by atoms with Gasteiger partial charge in [0.1, 0.15) is 18.1 Å².